The second kappa shape index (κ2) is 23.2. The Bertz CT molecular complexity index is 397. The lowest BCUT2D eigenvalue weighted by Gasteiger charge is -2.03. The Morgan fingerprint density at radius 1 is 0.655 bits per heavy atom. The second-order valence-electron chi connectivity index (χ2n) is 8.71. The van der Waals surface area contributed by atoms with Crippen LogP contribution in [0.25, 0.3) is 0 Å². The molecule has 0 atom stereocenters. The number of esters is 1. The van der Waals surface area contributed by atoms with E-state index in [4.69, 9.17) is 4.74 Å². The molecular formula is C27H50O2. The van der Waals surface area contributed by atoms with Crippen molar-refractivity contribution in [2.45, 2.75) is 142 Å². The Morgan fingerprint density at radius 3 is 1.34 bits per heavy atom. The lowest BCUT2D eigenvalue weighted by Crippen LogP contribution is -1.98. The molecule has 0 heterocycles. The first kappa shape index (κ1) is 27.9. The molecule has 2 nitrogen and oxygen atoms in total. The third-order valence-corrected chi connectivity index (χ3v) is 5.59. The standard InChI is InChI=1S/C27H50O2/c1-4-5-6-7-8-9-10-11-12-13-14-15-16-17-18-19-20-21-22-23-24-25-29-27(28)26(2)3/h24-25H,2,4-23H2,1,3H3. The lowest BCUT2D eigenvalue weighted by atomic mass is 10.0. The highest BCUT2D eigenvalue weighted by molar-refractivity contribution is 5.87. The van der Waals surface area contributed by atoms with Gasteiger partial charge in [0.05, 0.1) is 6.26 Å². The molecule has 0 saturated heterocycles. The van der Waals surface area contributed by atoms with Crippen molar-refractivity contribution in [2.75, 3.05) is 0 Å². The van der Waals surface area contributed by atoms with Crippen LogP contribution in [0.4, 0.5) is 0 Å². The quantitative estimate of drug-likeness (QED) is 0.0774. The number of hydrogen-bond acceptors (Lipinski definition) is 2. The van der Waals surface area contributed by atoms with Crippen LogP contribution in [0.3, 0.4) is 0 Å². The maximum atomic E-state index is 11.2. The predicted molar refractivity (Wildman–Crippen MR) is 128 cm³/mol. The maximum absolute atomic E-state index is 11.2. The third-order valence-electron chi connectivity index (χ3n) is 5.59. The van der Waals surface area contributed by atoms with Crippen molar-refractivity contribution in [1.82, 2.24) is 0 Å². The van der Waals surface area contributed by atoms with Crippen LogP contribution in [0.5, 0.6) is 0 Å². The van der Waals surface area contributed by atoms with Gasteiger partial charge in [0.15, 0.2) is 0 Å². The summed E-state index contributed by atoms with van der Waals surface area (Å²) in [6.45, 7) is 7.50. The smallest absolute Gasteiger partial charge is 0.337 e. The van der Waals surface area contributed by atoms with Crippen LogP contribution in [0.1, 0.15) is 142 Å². The molecule has 0 rings (SSSR count). The maximum Gasteiger partial charge on any atom is 0.337 e. The van der Waals surface area contributed by atoms with E-state index < -0.39 is 0 Å². The molecule has 0 fully saturated rings. The molecule has 0 aliphatic rings. The fourth-order valence-electron chi connectivity index (χ4n) is 3.62. The lowest BCUT2D eigenvalue weighted by molar-refractivity contribution is -0.133. The van der Waals surface area contributed by atoms with Crippen molar-refractivity contribution in [3.63, 3.8) is 0 Å². The van der Waals surface area contributed by atoms with E-state index in [2.05, 4.69) is 13.5 Å². The molecule has 0 N–H and O–H groups in total. The number of carbonyl (C=O) groups excluding carboxylic acids is 1. The van der Waals surface area contributed by atoms with Crippen LogP contribution in [0.2, 0.25) is 0 Å². The molecule has 0 aliphatic heterocycles. The van der Waals surface area contributed by atoms with Gasteiger partial charge in [0.1, 0.15) is 0 Å². The summed E-state index contributed by atoms with van der Waals surface area (Å²) in [5.41, 5.74) is 0.443. The minimum atomic E-state index is -0.339. The second-order valence-corrected chi connectivity index (χ2v) is 8.71. The largest absolute Gasteiger partial charge is 0.431 e. The average Bonchev–Trinajstić information content (AvgIpc) is 2.71. The van der Waals surface area contributed by atoms with Crippen LogP contribution >= 0.6 is 0 Å². The van der Waals surface area contributed by atoms with Gasteiger partial charge in [0.2, 0.25) is 0 Å². The Hall–Kier alpha value is -1.05. The minimum Gasteiger partial charge on any atom is -0.431 e. The molecule has 0 aliphatic carbocycles. The van der Waals surface area contributed by atoms with Gasteiger partial charge in [0, 0.05) is 5.57 Å². The molecule has 0 unspecified atom stereocenters. The van der Waals surface area contributed by atoms with Crippen molar-refractivity contribution >= 4 is 5.97 Å². The Kier molecular flexibility index (Phi) is 22.4. The molecule has 0 aromatic rings. The number of ether oxygens (including phenoxy) is 1. The first-order valence-electron chi connectivity index (χ1n) is 12.7. The zero-order chi connectivity index (χ0) is 21.4. The number of rotatable bonds is 22. The molecule has 0 saturated carbocycles. The Balaban J connectivity index is 3.11. The van der Waals surface area contributed by atoms with Gasteiger partial charge in [-0.15, -0.1) is 0 Å². The van der Waals surface area contributed by atoms with Gasteiger partial charge in [0.25, 0.3) is 0 Å². The van der Waals surface area contributed by atoms with E-state index in [1.54, 1.807) is 6.92 Å². The minimum absolute atomic E-state index is 0.339. The summed E-state index contributed by atoms with van der Waals surface area (Å²) in [6.07, 6.45) is 31.1. The van der Waals surface area contributed by atoms with Crippen LogP contribution < -0.4 is 0 Å². The van der Waals surface area contributed by atoms with Gasteiger partial charge in [-0.3, -0.25) is 0 Å². The molecule has 0 radical (unpaired) electrons. The van der Waals surface area contributed by atoms with E-state index in [9.17, 15) is 4.79 Å². The predicted octanol–water partition coefficient (Wildman–Crippen LogP) is 9.44. The summed E-state index contributed by atoms with van der Waals surface area (Å²) in [5.74, 6) is -0.339. The van der Waals surface area contributed by atoms with Crippen molar-refractivity contribution in [3.05, 3.63) is 24.5 Å². The van der Waals surface area contributed by atoms with Crippen molar-refractivity contribution in [3.8, 4) is 0 Å². The van der Waals surface area contributed by atoms with E-state index >= 15 is 0 Å². The normalized spacial score (nSPS) is 11.2. The van der Waals surface area contributed by atoms with Crippen LogP contribution in [0, 0.1) is 0 Å². The molecule has 0 aromatic heterocycles. The first-order chi connectivity index (χ1) is 14.2. The van der Waals surface area contributed by atoms with Crippen molar-refractivity contribution < 1.29 is 9.53 Å². The highest BCUT2D eigenvalue weighted by Gasteiger charge is 1.99. The highest BCUT2D eigenvalue weighted by atomic mass is 16.5. The summed E-state index contributed by atoms with van der Waals surface area (Å²) in [4.78, 5) is 11.2. The first-order valence-corrected chi connectivity index (χ1v) is 12.7. The zero-order valence-electron chi connectivity index (χ0n) is 19.8. The summed E-state index contributed by atoms with van der Waals surface area (Å²) in [7, 11) is 0. The van der Waals surface area contributed by atoms with Crippen molar-refractivity contribution in [2.24, 2.45) is 0 Å². The number of hydrogen-bond donors (Lipinski definition) is 0. The van der Waals surface area contributed by atoms with Gasteiger partial charge >= 0.3 is 5.97 Å². The van der Waals surface area contributed by atoms with Gasteiger partial charge in [-0.05, 0) is 25.8 Å². The van der Waals surface area contributed by atoms with E-state index in [-0.39, 0.29) is 5.97 Å². The SMILES string of the molecule is C=C(C)C(=O)OC=CCCCCCCCCCCCCCCCCCCCCC. The zero-order valence-corrected chi connectivity index (χ0v) is 19.8. The molecule has 0 amide bonds. The van der Waals surface area contributed by atoms with Gasteiger partial charge in [-0.2, -0.15) is 0 Å². The molecule has 29 heavy (non-hydrogen) atoms. The Labute approximate surface area is 182 Å². The summed E-state index contributed by atoms with van der Waals surface area (Å²) >= 11 is 0. The fraction of sp³-hybridized carbons (Fsp3) is 0.815. The molecule has 0 aromatic carbocycles. The molecule has 170 valence electrons. The van der Waals surface area contributed by atoms with Gasteiger partial charge < -0.3 is 4.74 Å². The van der Waals surface area contributed by atoms with Crippen LogP contribution in [-0.2, 0) is 9.53 Å². The monoisotopic (exact) mass is 406 g/mol. The Morgan fingerprint density at radius 2 is 1.00 bits per heavy atom. The fourth-order valence-corrected chi connectivity index (χ4v) is 3.62. The topological polar surface area (TPSA) is 26.3 Å². The highest BCUT2D eigenvalue weighted by Crippen LogP contribution is 2.14. The van der Waals surface area contributed by atoms with Gasteiger partial charge in [-0.1, -0.05) is 129 Å². The number of allylic oxidation sites excluding steroid dienone is 1. The molecular weight excluding hydrogens is 356 g/mol. The summed E-state index contributed by atoms with van der Waals surface area (Å²) in [5, 5.41) is 0. The van der Waals surface area contributed by atoms with Crippen LogP contribution in [-0.4, -0.2) is 5.97 Å². The van der Waals surface area contributed by atoms with Crippen LogP contribution in [0.15, 0.2) is 24.5 Å². The van der Waals surface area contributed by atoms with Gasteiger partial charge in [-0.25, -0.2) is 4.79 Å². The van der Waals surface area contributed by atoms with E-state index in [0.29, 0.717) is 5.57 Å². The van der Waals surface area contributed by atoms with E-state index in [1.807, 2.05) is 6.08 Å². The molecule has 0 bridgehead atoms. The summed E-state index contributed by atoms with van der Waals surface area (Å²) < 4.78 is 4.92. The molecule has 0 spiro atoms. The van der Waals surface area contributed by atoms with E-state index in [1.165, 1.54) is 128 Å². The third kappa shape index (κ3) is 23.1. The number of carbonyl (C=O) groups is 1. The molecule has 2 heteroatoms. The number of unbranched alkanes of at least 4 members (excludes halogenated alkanes) is 19. The van der Waals surface area contributed by atoms with Crippen molar-refractivity contribution in [1.29, 1.82) is 0 Å². The summed E-state index contributed by atoms with van der Waals surface area (Å²) in [6, 6.07) is 0. The van der Waals surface area contributed by atoms with E-state index in [0.717, 1.165) is 6.42 Å². The average molecular weight is 407 g/mol.